The number of alkyl halides is 3. The fourth-order valence-electron chi connectivity index (χ4n) is 1.38. The molecule has 0 atom stereocenters. The summed E-state index contributed by atoms with van der Waals surface area (Å²) >= 11 is 0. The van der Waals surface area contributed by atoms with Crippen LogP contribution in [0.5, 0.6) is 0 Å². The number of aromatic carboxylic acids is 1. The number of hydrogen-bond donors (Lipinski definition) is 1. The normalized spacial score (nSPS) is 11.4. The zero-order valence-electron chi connectivity index (χ0n) is 9.82. The van der Waals surface area contributed by atoms with E-state index in [1.165, 1.54) is 4.90 Å². The highest BCUT2D eigenvalue weighted by molar-refractivity contribution is 5.86. The van der Waals surface area contributed by atoms with Crippen LogP contribution in [0.4, 0.5) is 19.0 Å². The van der Waals surface area contributed by atoms with Gasteiger partial charge in [-0.1, -0.05) is 0 Å². The van der Waals surface area contributed by atoms with E-state index < -0.39 is 23.7 Å². The molecule has 100 valence electrons. The Morgan fingerprint density at radius 1 is 1.33 bits per heavy atom. The summed E-state index contributed by atoms with van der Waals surface area (Å²) in [6.07, 6.45) is -4.77. The van der Waals surface area contributed by atoms with Gasteiger partial charge in [-0.2, -0.15) is 13.2 Å². The summed E-state index contributed by atoms with van der Waals surface area (Å²) in [6, 6.07) is 1.03. The summed E-state index contributed by atoms with van der Waals surface area (Å²) in [5, 5.41) is 8.75. The molecule has 1 N–H and O–H groups in total. The fraction of sp³-hybridized carbons (Fsp3) is 0.500. The fourth-order valence-corrected chi connectivity index (χ4v) is 1.38. The van der Waals surface area contributed by atoms with Crippen molar-refractivity contribution < 1.29 is 23.1 Å². The molecule has 0 bridgehead atoms. The van der Waals surface area contributed by atoms with Crippen LogP contribution in [-0.4, -0.2) is 34.1 Å². The smallest absolute Gasteiger partial charge is 0.451 e. The minimum Gasteiger partial charge on any atom is -0.477 e. The molecule has 1 heterocycles. The maximum Gasteiger partial charge on any atom is 0.451 e. The van der Waals surface area contributed by atoms with Crippen molar-refractivity contribution in [3.63, 3.8) is 0 Å². The number of carboxylic acids is 1. The summed E-state index contributed by atoms with van der Waals surface area (Å²) < 4.78 is 37.6. The first kappa shape index (κ1) is 14.2. The number of hydrogen-bond acceptors (Lipinski definition) is 4. The first-order chi connectivity index (χ1) is 8.29. The standard InChI is InChI=1S/C10H12F3N3O2/c1-3-16(4-2)7-5-6(8(17)18)14-9(15-7)10(11,12)13/h5H,3-4H2,1-2H3,(H,17,18). The average molecular weight is 263 g/mol. The van der Waals surface area contributed by atoms with E-state index in [0.717, 1.165) is 6.07 Å². The molecular weight excluding hydrogens is 251 g/mol. The zero-order chi connectivity index (χ0) is 13.9. The minimum atomic E-state index is -4.77. The first-order valence-electron chi connectivity index (χ1n) is 5.24. The van der Waals surface area contributed by atoms with E-state index in [2.05, 4.69) is 9.97 Å². The van der Waals surface area contributed by atoms with E-state index in [9.17, 15) is 18.0 Å². The largest absolute Gasteiger partial charge is 0.477 e. The molecule has 1 aromatic heterocycles. The van der Waals surface area contributed by atoms with Gasteiger partial charge in [0.25, 0.3) is 0 Å². The van der Waals surface area contributed by atoms with Crippen LogP contribution in [-0.2, 0) is 6.18 Å². The number of anilines is 1. The number of aromatic nitrogens is 2. The average Bonchev–Trinajstić information content (AvgIpc) is 2.29. The van der Waals surface area contributed by atoms with Crippen LogP contribution in [0, 0.1) is 0 Å². The molecule has 1 aromatic rings. The molecule has 5 nitrogen and oxygen atoms in total. The Hall–Kier alpha value is -1.86. The lowest BCUT2D eigenvalue weighted by Crippen LogP contribution is -2.25. The van der Waals surface area contributed by atoms with E-state index in [1.807, 2.05) is 0 Å². The second-order valence-electron chi connectivity index (χ2n) is 3.41. The molecule has 0 aliphatic rings. The first-order valence-corrected chi connectivity index (χ1v) is 5.24. The number of nitrogens with zero attached hydrogens (tertiary/aromatic N) is 3. The van der Waals surface area contributed by atoms with E-state index in [4.69, 9.17) is 5.11 Å². The van der Waals surface area contributed by atoms with Crippen molar-refractivity contribution >= 4 is 11.8 Å². The molecule has 0 amide bonds. The van der Waals surface area contributed by atoms with E-state index >= 15 is 0 Å². The van der Waals surface area contributed by atoms with Crippen LogP contribution in [0.3, 0.4) is 0 Å². The van der Waals surface area contributed by atoms with Crippen molar-refractivity contribution in [3.8, 4) is 0 Å². The lowest BCUT2D eigenvalue weighted by molar-refractivity contribution is -0.144. The van der Waals surface area contributed by atoms with Crippen LogP contribution in [0.15, 0.2) is 6.07 Å². The molecule has 0 unspecified atom stereocenters. The van der Waals surface area contributed by atoms with Gasteiger partial charge in [-0.15, -0.1) is 0 Å². The summed E-state index contributed by atoms with van der Waals surface area (Å²) in [6.45, 7) is 4.31. The second kappa shape index (κ2) is 5.19. The molecular formula is C10H12F3N3O2. The molecule has 0 aliphatic heterocycles. The molecule has 0 fully saturated rings. The van der Waals surface area contributed by atoms with Gasteiger partial charge in [-0.3, -0.25) is 0 Å². The van der Waals surface area contributed by atoms with Gasteiger partial charge in [0, 0.05) is 19.2 Å². The molecule has 1 rings (SSSR count). The van der Waals surface area contributed by atoms with Crippen molar-refractivity contribution in [1.29, 1.82) is 0 Å². The Bertz CT molecular complexity index is 444. The predicted molar refractivity (Wildman–Crippen MR) is 57.6 cm³/mol. The van der Waals surface area contributed by atoms with Crippen LogP contribution >= 0.6 is 0 Å². The number of carboxylic acid groups (broad SMARTS) is 1. The molecule has 18 heavy (non-hydrogen) atoms. The summed E-state index contributed by atoms with van der Waals surface area (Å²) in [7, 11) is 0. The van der Waals surface area contributed by atoms with Gasteiger partial charge in [0.05, 0.1) is 0 Å². The number of halogens is 3. The molecule has 0 aromatic carbocycles. The molecule has 0 saturated heterocycles. The minimum absolute atomic E-state index is 0.0419. The van der Waals surface area contributed by atoms with Gasteiger partial charge < -0.3 is 10.0 Å². The van der Waals surface area contributed by atoms with E-state index in [-0.39, 0.29) is 5.82 Å². The lowest BCUT2D eigenvalue weighted by Gasteiger charge is -2.20. The van der Waals surface area contributed by atoms with Crippen LogP contribution in [0.25, 0.3) is 0 Å². The van der Waals surface area contributed by atoms with Gasteiger partial charge in [0.1, 0.15) is 5.82 Å². The third-order valence-corrected chi connectivity index (χ3v) is 2.27. The Labute approximate surface area is 101 Å². The zero-order valence-corrected chi connectivity index (χ0v) is 9.82. The van der Waals surface area contributed by atoms with Gasteiger partial charge in [0.2, 0.25) is 5.82 Å². The van der Waals surface area contributed by atoms with Gasteiger partial charge in [-0.05, 0) is 13.8 Å². The monoisotopic (exact) mass is 263 g/mol. The summed E-state index contributed by atoms with van der Waals surface area (Å²) in [5.74, 6) is -3.00. The third kappa shape index (κ3) is 3.08. The van der Waals surface area contributed by atoms with Crippen LogP contribution in [0.2, 0.25) is 0 Å². The van der Waals surface area contributed by atoms with Crippen LogP contribution < -0.4 is 4.90 Å². The number of rotatable bonds is 4. The van der Waals surface area contributed by atoms with E-state index in [0.29, 0.717) is 13.1 Å². The predicted octanol–water partition coefficient (Wildman–Crippen LogP) is 2.04. The molecule has 8 heteroatoms. The van der Waals surface area contributed by atoms with Crippen molar-refractivity contribution in [1.82, 2.24) is 9.97 Å². The Balaban J connectivity index is 3.35. The van der Waals surface area contributed by atoms with Crippen molar-refractivity contribution in [2.75, 3.05) is 18.0 Å². The van der Waals surface area contributed by atoms with Gasteiger partial charge in [0.15, 0.2) is 5.69 Å². The Morgan fingerprint density at radius 3 is 2.28 bits per heavy atom. The molecule has 0 aliphatic carbocycles. The molecule has 0 saturated carbocycles. The summed E-state index contributed by atoms with van der Waals surface area (Å²) in [4.78, 5) is 18.6. The lowest BCUT2D eigenvalue weighted by atomic mass is 10.3. The third-order valence-electron chi connectivity index (χ3n) is 2.27. The van der Waals surface area contributed by atoms with Crippen molar-refractivity contribution in [2.24, 2.45) is 0 Å². The topological polar surface area (TPSA) is 66.3 Å². The number of carbonyl (C=O) groups is 1. The van der Waals surface area contributed by atoms with Gasteiger partial charge in [-0.25, -0.2) is 14.8 Å². The van der Waals surface area contributed by atoms with Crippen molar-refractivity contribution in [2.45, 2.75) is 20.0 Å². The summed E-state index contributed by atoms with van der Waals surface area (Å²) in [5.41, 5.74) is -0.667. The van der Waals surface area contributed by atoms with E-state index in [1.54, 1.807) is 13.8 Å². The SMILES string of the molecule is CCN(CC)c1cc(C(=O)O)nc(C(F)(F)F)n1. The maximum atomic E-state index is 12.5. The highest BCUT2D eigenvalue weighted by Crippen LogP contribution is 2.28. The second-order valence-corrected chi connectivity index (χ2v) is 3.41. The van der Waals surface area contributed by atoms with Crippen molar-refractivity contribution in [3.05, 3.63) is 17.6 Å². The molecule has 0 radical (unpaired) electrons. The highest BCUT2D eigenvalue weighted by Gasteiger charge is 2.36. The van der Waals surface area contributed by atoms with Crippen LogP contribution in [0.1, 0.15) is 30.2 Å². The quantitative estimate of drug-likeness (QED) is 0.900. The maximum absolute atomic E-state index is 12.5. The van der Waals surface area contributed by atoms with Gasteiger partial charge >= 0.3 is 12.1 Å². The Kier molecular flexibility index (Phi) is 4.10. The highest BCUT2D eigenvalue weighted by atomic mass is 19.4. The molecule has 0 spiro atoms. The Morgan fingerprint density at radius 2 is 1.89 bits per heavy atom.